The summed E-state index contributed by atoms with van der Waals surface area (Å²) >= 11 is 0. The molecule has 1 heterocycles. The van der Waals surface area contributed by atoms with Crippen LogP contribution in [-0.2, 0) is 6.42 Å². The molecule has 29 heavy (non-hydrogen) atoms. The van der Waals surface area contributed by atoms with E-state index in [0.29, 0.717) is 19.1 Å². The van der Waals surface area contributed by atoms with Crippen molar-refractivity contribution in [2.75, 3.05) is 0 Å². The van der Waals surface area contributed by atoms with Crippen LogP contribution >= 0.6 is 0 Å². The number of rotatable bonds is 8. The lowest BCUT2D eigenvalue weighted by Gasteiger charge is -2.40. The van der Waals surface area contributed by atoms with Crippen molar-refractivity contribution in [3.05, 3.63) is 46.1 Å². The number of phenolic OH excluding ortho intramolecular Hbond substituents is 1. The van der Waals surface area contributed by atoms with Crippen LogP contribution in [0.3, 0.4) is 0 Å². The van der Waals surface area contributed by atoms with Gasteiger partial charge in [-0.1, -0.05) is 23.3 Å². The number of aromatic hydroxyl groups is 1. The Kier molecular flexibility index (Phi) is 7.25. The number of phenols is 1. The number of fused-ring (bicyclic) bond motifs is 1. The molecule has 0 aromatic heterocycles. The summed E-state index contributed by atoms with van der Waals surface area (Å²) in [7, 11) is 0. The molecule has 0 saturated heterocycles. The van der Waals surface area contributed by atoms with Crippen LogP contribution in [0, 0.1) is 0 Å². The molecule has 1 aliphatic rings. The Labute approximate surface area is 171 Å². The van der Waals surface area contributed by atoms with Crippen LogP contribution < -0.4 is 4.74 Å². The molecule has 2 rings (SSSR count). The molecule has 2 atom stereocenters. The third-order valence-corrected chi connectivity index (χ3v) is 5.39. The van der Waals surface area contributed by atoms with E-state index >= 15 is 0 Å². The molecular weight excluding hydrogens is 372 g/mol. The van der Waals surface area contributed by atoms with Crippen molar-refractivity contribution >= 4 is 12.3 Å². The molecule has 1 aromatic rings. The number of ether oxygens (including phenoxy) is 1. The molecule has 0 aliphatic carbocycles. The van der Waals surface area contributed by atoms with E-state index in [1.54, 1.807) is 6.92 Å². The molecule has 0 fully saturated rings. The highest BCUT2D eigenvalue weighted by atomic mass is 16.5. The van der Waals surface area contributed by atoms with E-state index in [9.17, 15) is 24.9 Å². The summed E-state index contributed by atoms with van der Waals surface area (Å²) in [5.41, 5.74) is 1.29. The van der Waals surface area contributed by atoms with Crippen molar-refractivity contribution in [3.8, 4) is 11.5 Å². The number of hydrogen-bond acceptors (Lipinski definition) is 5. The molecule has 6 nitrogen and oxygen atoms in total. The lowest BCUT2D eigenvalue weighted by Crippen LogP contribution is -2.49. The van der Waals surface area contributed by atoms with Gasteiger partial charge < -0.3 is 20.1 Å². The SMILES string of the molecule is CC(C)=CCC/C(C)=C/CCC1(C)Oc2c(c(O)cc(C=O)c2C(=O)O)CC1O. The van der Waals surface area contributed by atoms with Gasteiger partial charge in [0.05, 0.1) is 6.10 Å². The Morgan fingerprint density at radius 3 is 2.55 bits per heavy atom. The van der Waals surface area contributed by atoms with E-state index in [0.717, 1.165) is 18.9 Å². The van der Waals surface area contributed by atoms with Crippen molar-refractivity contribution in [3.63, 3.8) is 0 Å². The molecule has 0 saturated carbocycles. The van der Waals surface area contributed by atoms with E-state index in [-0.39, 0.29) is 34.6 Å². The van der Waals surface area contributed by atoms with Crippen LogP contribution in [0.15, 0.2) is 29.4 Å². The summed E-state index contributed by atoms with van der Waals surface area (Å²) < 4.78 is 5.95. The number of benzene rings is 1. The predicted molar refractivity (Wildman–Crippen MR) is 111 cm³/mol. The number of aldehydes is 1. The summed E-state index contributed by atoms with van der Waals surface area (Å²) in [6.07, 6.45) is 6.88. The maximum absolute atomic E-state index is 11.7. The molecule has 0 amide bonds. The number of allylic oxidation sites excluding steroid dienone is 4. The molecule has 0 spiro atoms. The standard InChI is InChI=1S/C23H30O6/c1-14(2)7-5-8-15(3)9-6-10-23(4)19(26)12-17-18(25)11-16(13-24)20(22(27)28)21(17)29-23/h7,9,11,13,19,25-26H,5-6,8,10,12H2,1-4H3,(H,27,28)/b15-9+. The highest BCUT2D eigenvalue weighted by Crippen LogP contribution is 2.43. The molecule has 1 aliphatic heterocycles. The summed E-state index contributed by atoms with van der Waals surface area (Å²) in [4.78, 5) is 23.0. The van der Waals surface area contributed by atoms with Crippen LogP contribution in [0.2, 0.25) is 0 Å². The van der Waals surface area contributed by atoms with Gasteiger partial charge in [-0.2, -0.15) is 0 Å². The normalized spacial score (nSPS) is 21.1. The first-order valence-corrected chi connectivity index (χ1v) is 9.82. The maximum atomic E-state index is 11.7. The fraction of sp³-hybridized carbons (Fsp3) is 0.478. The molecule has 0 bridgehead atoms. The largest absolute Gasteiger partial charge is 0.508 e. The van der Waals surface area contributed by atoms with Crippen molar-refractivity contribution in [2.24, 2.45) is 0 Å². The van der Waals surface area contributed by atoms with Gasteiger partial charge in [0.25, 0.3) is 0 Å². The number of carbonyl (C=O) groups is 2. The van der Waals surface area contributed by atoms with Crippen molar-refractivity contribution in [1.82, 2.24) is 0 Å². The smallest absolute Gasteiger partial charge is 0.340 e. The van der Waals surface area contributed by atoms with Gasteiger partial charge >= 0.3 is 5.97 Å². The number of hydrogen-bond donors (Lipinski definition) is 3. The zero-order valence-corrected chi connectivity index (χ0v) is 17.5. The molecule has 6 heteroatoms. The molecule has 2 unspecified atom stereocenters. The minimum atomic E-state index is -1.31. The van der Waals surface area contributed by atoms with Gasteiger partial charge in [0.15, 0.2) is 6.29 Å². The minimum absolute atomic E-state index is 0.0309. The molecular formula is C23H30O6. The summed E-state index contributed by atoms with van der Waals surface area (Å²) in [6.45, 7) is 7.92. The van der Waals surface area contributed by atoms with Gasteiger partial charge in [-0.3, -0.25) is 4.79 Å². The van der Waals surface area contributed by atoms with Crippen LogP contribution in [-0.4, -0.2) is 39.3 Å². The molecule has 1 aromatic carbocycles. The fourth-order valence-electron chi connectivity index (χ4n) is 3.55. The first-order valence-electron chi connectivity index (χ1n) is 9.82. The van der Waals surface area contributed by atoms with Gasteiger partial charge in [-0.25, -0.2) is 4.79 Å². The zero-order valence-electron chi connectivity index (χ0n) is 17.5. The Hall–Kier alpha value is -2.60. The Morgan fingerprint density at radius 2 is 1.97 bits per heavy atom. The summed E-state index contributed by atoms with van der Waals surface area (Å²) in [6, 6.07) is 1.10. The molecule has 3 N–H and O–H groups in total. The van der Waals surface area contributed by atoms with Crippen molar-refractivity contribution in [2.45, 2.75) is 71.5 Å². The van der Waals surface area contributed by atoms with E-state index in [1.165, 1.54) is 11.1 Å². The number of aliphatic hydroxyl groups excluding tert-OH is 1. The molecule has 0 radical (unpaired) electrons. The quantitative estimate of drug-likeness (QED) is 0.439. The lowest BCUT2D eigenvalue weighted by molar-refractivity contribution is -0.0598. The van der Waals surface area contributed by atoms with Gasteiger partial charge in [0.1, 0.15) is 22.7 Å². The second-order valence-corrected chi connectivity index (χ2v) is 8.13. The van der Waals surface area contributed by atoms with Crippen molar-refractivity contribution < 1.29 is 29.6 Å². The number of aliphatic hydroxyl groups is 1. The summed E-state index contributed by atoms with van der Waals surface area (Å²) in [5, 5.41) is 30.4. The molecule has 158 valence electrons. The lowest BCUT2D eigenvalue weighted by atomic mass is 9.84. The van der Waals surface area contributed by atoms with Crippen LogP contribution in [0.4, 0.5) is 0 Å². The van der Waals surface area contributed by atoms with E-state index in [2.05, 4.69) is 32.9 Å². The van der Waals surface area contributed by atoms with Gasteiger partial charge in [-0.05, 0) is 59.4 Å². The average Bonchev–Trinajstić information content (AvgIpc) is 2.62. The van der Waals surface area contributed by atoms with E-state index in [1.807, 2.05) is 0 Å². The van der Waals surface area contributed by atoms with Gasteiger partial charge in [-0.15, -0.1) is 0 Å². The second kappa shape index (κ2) is 9.27. The first-order chi connectivity index (χ1) is 13.6. The first kappa shape index (κ1) is 22.7. The van der Waals surface area contributed by atoms with E-state index in [4.69, 9.17) is 4.74 Å². The minimum Gasteiger partial charge on any atom is -0.508 e. The Morgan fingerprint density at radius 1 is 1.28 bits per heavy atom. The number of carboxylic acids is 1. The number of aromatic carboxylic acids is 1. The number of carboxylic acid groups (broad SMARTS) is 1. The van der Waals surface area contributed by atoms with Gasteiger partial charge in [0, 0.05) is 17.5 Å². The highest BCUT2D eigenvalue weighted by molar-refractivity contribution is 6.01. The second-order valence-electron chi connectivity index (χ2n) is 8.13. The average molecular weight is 402 g/mol. The predicted octanol–water partition coefficient (Wildman–Crippen LogP) is 4.43. The van der Waals surface area contributed by atoms with Gasteiger partial charge in [0.2, 0.25) is 0 Å². The van der Waals surface area contributed by atoms with Crippen LogP contribution in [0.25, 0.3) is 0 Å². The third kappa shape index (κ3) is 5.26. The summed E-state index contributed by atoms with van der Waals surface area (Å²) in [5.74, 6) is -1.59. The highest BCUT2D eigenvalue weighted by Gasteiger charge is 2.42. The van der Waals surface area contributed by atoms with Crippen molar-refractivity contribution in [1.29, 1.82) is 0 Å². The fourth-order valence-corrected chi connectivity index (χ4v) is 3.55. The maximum Gasteiger partial charge on any atom is 0.340 e. The zero-order chi connectivity index (χ0) is 21.8. The number of carbonyl (C=O) groups excluding carboxylic acids is 1. The van der Waals surface area contributed by atoms with Crippen LogP contribution in [0.1, 0.15) is 79.7 Å². The Balaban J connectivity index is 2.23. The third-order valence-electron chi connectivity index (χ3n) is 5.39. The Bertz CT molecular complexity index is 847. The van der Waals surface area contributed by atoms with Crippen LogP contribution in [0.5, 0.6) is 11.5 Å². The van der Waals surface area contributed by atoms with E-state index < -0.39 is 17.7 Å². The topological polar surface area (TPSA) is 104 Å². The monoisotopic (exact) mass is 402 g/mol.